The summed E-state index contributed by atoms with van der Waals surface area (Å²) in [5.74, 6) is 0.342. The Hall–Kier alpha value is -1.59. The van der Waals surface area contributed by atoms with Gasteiger partial charge in [0.15, 0.2) is 0 Å². The molecule has 19 heavy (non-hydrogen) atoms. The van der Waals surface area contributed by atoms with E-state index in [9.17, 15) is 9.90 Å². The van der Waals surface area contributed by atoms with E-state index in [1.54, 1.807) is 23.5 Å². The van der Waals surface area contributed by atoms with Gasteiger partial charge in [0.2, 0.25) is 5.91 Å². The predicted molar refractivity (Wildman–Crippen MR) is 74.0 cm³/mol. The van der Waals surface area contributed by atoms with Crippen LogP contribution < -0.4 is 5.32 Å². The molecule has 102 valence electrons. The molecule has 1 atom stereocenters. The lowest BCUT2D eigenvalue weighted by Crippen LogP contribution is -2.41. The quantitative estimate of drug-likeness (QED) is 0.883. The number of carbonyl (C=O) groups excluding carboxylic acids is 1. The second-order valence-electron chi connectivity index (χ2n) is 4.84. The molecule has 0 aliphatic carbocycles. The van der Waals surface area contributed by atoms with E-state index in [-0.39, 0.29) is 12.5 Å². The largest absolute Gasteiger partial charge is 0.467 e. The van der Waals surface area contributed by atoms with Gasteiger partial charge in [0.1, 0.15) is 11.9 Å². The molecule has 2 heterocycles. The molecule has 5 heteroatoms. The van der Waals surface area contributed by atoms with Gasteiger partial charge in [0, 0.05) is 4.88 Å². The van der Waals surface area contributed by atoms with Gasteiger partial charge in [-0.15, -0.1) is 11.3 Å². The third kappa shape index (κ3) is 3.05. The van der Waals surface area contributed by atoms with Gasteiger partial charge in [-0.2, -0.15) is 0 Å². The molecular weight excluding hydrogens is 262 g/mol. The molecule has 0 radical (unpaired) electrons. The van der Waals surface area contributed by atoms with Gasteiger partial charge < -0.3 is 14.8 Å². The minimum atomic E-state index is -0.821. The van der Waals surface area contributed by atoms with Crippen LogP contribution in [0.4, 0.5) is 0 Å². The summed E-state index contributed by atoms with van der Waals surface area (Å²) < 4.78 is 5.09. The van der Waals surface area contributed by atoms with Crippen LogP contribution in [-0.2, 0) is 10.2 Å². The van der Waals surface area contributed by atoms with Gasteiger partial charge in [-0.05, 0) is 37.4 Å². The molecule has 0 aliphatic heterocycles. The Labute approximate surface area is 116 Å². The Morgan fingerprint density at radius 2 is 2.26 bits per heavy atom. The van der Waals surface area contributed by atoms with Crippen molar-refractivity contribution in [2.75, 3.05) is 6.54 Å². The van der Waals surface area contributed by atoms with E-state index in [0.717, 1.165) is 4.88 Å². The first-order valence-electron chi connectivity index (χ1n) is 6.05. The van der Waals surface area contributed by atoms with E-state index in [2.05, 4.69) is 5.32 Å². The lowest BCUT2D eigenvalue weighted by atomic mass is 9.90. The van der Waals surface area contributed by atoms with E-state index >= 15 is 0 Å². The van der Waals surface area contributed by atoms with Crippen molar-refractivity contribution in [2.45, 2.75) is 25.4 Å². The Balaban J connectivity index is 1.94. The van der Waals surface area contributed by atoms with Crippen LogP contribution >= 0.6 is 11.3 Å². The SMILES string of the molecule is CC(C)(C(=O)NCC(O)c1ccco1)c1cccs1. The zero-order valence-electron chi connectivity index (χ0n) is 10.9. The number of nitrogens with one attached hydrogen (secondary N) is 1. The van der Waals surface area contributed by atoms with E-state index < -0.39 is 11.5 Å². The van der Waals surface area contributed by atoms with Crippen molar-refractivity contribution in [3.05, 3.63) is 46.5 Å². The molecule has 2 N–H and O–H groups in total. The molecule has 2 aromatic rings. The van der Waals surface area contributed by atoms with Crippen LogP contribution in [0.3, 0.4) is 0 Å². The molecule has 0 bridgehead atoms. The van der Waals surface area contributed by atoms with Crippen molar-refractivity contribution < 1.29 is 14.3 Å². The maximum absolute atomic E-state index is 12.2. The maximum Gasteiger partial charge on any atom is 0.231 e. The first kappa shape index (κ1) is 13.8. The highest BCUT2D eigenvalue weighted by atomic mass is 32.1. The van der Waals surface area contributed by atoms with Crippen LogP contribution in [0.1, 0.15) is 30.6 Å². The summed E-state index contributed by atoms with van der Waals surface area (Å²) in [7, 11) is 0. The van der Waals surface area contributed by atoms with E-state index in [1.165, 1.54) is 6.26 Å². The van der Waals surface area contributed by atoms with Crippen molar-refractivity contribution in [1.29, 1.82) is 0 Å². The van der Waals surface area contributed by atoms with Gasteiger partial charge in [-0.25, -0.2) is 0 Å². The van der Waals surface area contributed by atoms with Gasteiger partial charge in [0.05, 0.1) is 18.2 Å². The number of aliphatic hydroxyl groups is 1. The number of hydrogen-bond donors (Lipinski definition) is 2. The fourth-order valence-corrected chi connectivity index (χ4v) is 2.59. The summed E-state index contributed by atoms with van der Waals surface area (Å²) >= 11 is 1.55. The first-order chi connectivity index (χ1) is 9.01. The van der Waals surface area contributed by atoms with Crippen LogP contribution in [0.5, 0.6) is 0 Å². The number of rotatable bonds is 5. The summed E-state index contributed by atoms with van der Waals surface area (Å²) in [4.78, 5) is 13.2. The molecular formula is C14H17NO3S. The molecule has 0 fully saturated rings. The molecule has 1 amide bonds. The molecule has 0 aromatic carbocycles. The average Bonchev–Trinajstić information content (AvgIpc) is 3.06. The highest BCUT2D eigenvalue weighted by Crippen LogP contribution is 2.27. The van der Waals surface area contributed by atoms with Crippen LogP contribution in [-0.4, -0.2) is 17.6 Å². The summed E-state index contributed by atoms with van der Waals surface area (Å²) in [6.07, 6.45) is 0.675. The second kappa shape index (κ2) is 5.59. The van der Waals surface area contributed by atoms with Gasteiger partial charge in [-0.3, -0.25) is 4.79 Å². The van der Waals surface area contributed by atoms with Crippen molar-refractivity contribution in [3.63, 3.8) is 0 Å². The second-order valence-corrected chi connectivity index (χ2v) is 5.79. The molecule has 2 rings (SSSR count). The summed E-state index contributed by atoms with van der Waals surface area (Å²) in [6.45, 7) is 3.88. The van der Waals surface area contributed by atoms with Crippen molar-refractivity contribution in [1.82, 2.24) is 5.32 Å². The third-order valence-corrected chi connectivity index (χ3v) is 4.23. The van der Waals surface area contributed by atoms with Gasteiger partial charge in [-0.1, -0.05) is 6.07 Å². The zero-order valence-corrected chi connectivity index (χ0v) is 11.7. The fraction of sp³-hybridized carbons (Fsp3) is 0.357. The smallest absolute Gasteiger partial charge is 0.231 e. The Morgan fingerprint density at radius 3 is 2.84 bits per heavy atom. The Morgan fingerprint density at radius 1 is 1.47 bits per heavy atom. The topological polar surface area (TPSA) is 62.5 Å². The summed E-state index contributed by atoms with van der Waals surface area (Å²) in [5.41, 5.74) is -0.600. The molecule has 4 nitrogen and oxygen atoms in total. The minimum Gasteiger partial charge on any atom is -0.467 e. The number of thiophene rings is 1. The van der Waals surface area contributed by atoms with E-state index in [4.69, 9.17) is 4.42 Å². The fourth-order valence-electron chi connectivity index (χ4n) is 1.74. The minimum absolute atomic E-state index is 0.111. The first-order valence-corrected chi connectivity index (χ1v) is 6.93. The highest BCUT2D eigenvalue weighted by molar-refractivity contribution is 7.10. The average molecular weight is 279 g/mol. The van der Waals surface area contributed by atoms with Crippen molar-refractivity contribution in [3.8, 4) is 0 Å². The van der Waals surface area contributed by atoms with Crippen LogP contribution in [0, 0.1) is 0 Å². The maximum atomic E-state index is 12.2. The Bertz CT molecular complexity index is 517. The molecule has 0 aliphatic rings. The number of aliphatic hydroxyl groups excluding tert-OH is 1. The molecule has 0 spiro atoms. The Kier molecular flexibility index (Phi) is 4.07. The molecule has 0 saturated heterocycles. The molecule has 2 aromatic heterocycles. The van der Waals surface area contributed by atoms with Gasteiger partial charge in [0.25, 0.3) is 0 Å². The van der Waals surface area contributed by atoms with Crippen molar-refractivity contribution in [2.24, 2.45) is 0 Å². The van der Waals surface area contributed by atoms with Gasteiger partial charge >= 0.3 is 0 Å². The summed E-state index contributed by atoms with van der Waals surface area (Å²) in [5, 5.41) is 14.6. The summed E-state index contributed by atoms with van der Waals surface area (Å²) in [6, 6.07) is 7.25. The third-order valence-electron chi connectivity index (χ3n) is 3.03. The van der Waals surface area contributed by atoms with Crippen molar-refractivity contribution >= 4 is 17.2 Å². The number of hydrogen-bond acceptors (Lipinski definition) is 4. The number of carbonyl (C=O) groups is 1. The lowest BCUT2D eigenvalue weighted by Gasteiger charge is -2.23. The highest BCUT2D eigenvalue weighted by Gasteiger charge is 2.31. The van der Waals surface area contributed by atoms with Crippen LogP contribution in [0.2, 0.25) is 0 Å². The monoisotopic (exact) mass is 279 g/mol. The predicted octanol–water partition coefficient (Wildman–Crippen LogP) is 2.47. The lowest BCUT2D eigenvalue weighted by molar-refractivity contribution is -0.126. The van der Waals surface area contributed by atoms with E-state index in [1.807, 2.05) is 31.4 Å². The molecule has 0 saturated carbocycles. The molecule has 1 unspecified atom stereocenters. The zero-order chi connectivity index (χ0) is 13.9. The standard InChI is InChI=1S/C14H17NO3S/c1-14(2,12-6-4-8-19-12)13(17)15-9-10(16)11-5-3-7-18-11/h3-8,10,16H,9H2,1-2H3,(H,15,17). The van der Waals surface area contributed by atoms with E-state index in [0.29, 0.717) is 5.76 Å². The number of amides is 1. The number of furan rings is 1. The normalized spacial score (nSPS) is 13.2. The van der Waals surface area contributed by atoms with Crippen LogP contribution in [0.15, 0.2) is 40.3 Å². The van der Waals surface area contributed by atoms with Crippen LogP contribution in [0.25, 0.3) is 0 Å².